The Hall–Kier alpha value is -1.22. The predicted molar refractivity (Wildman–Crippen MR) is 83.6 cm³/mol. The number of aryl methyl sites for hydroxylation is 2. The number of benzene rings is 1. The van der Waals surface area contributed by atoms with E-state index in [1.807, 2.05) is 0 Å². The zero-order chi connectivity index (χ0) is 14.2. The molecule has 0 aliphatic carbocycles. The average molecular weight is 274 g/mol. The molecule has 1 heterocycles. The maximum atomic E-state index is 4.73. The van der Waals surface area contributed by atoms with Gasteiger partial charge in [-0.15, -0.1) is 11.8 Å². The summed E-state index contributed by atoms with van der Waals surface area (Å²) in [4.78, 5) is 1.30. The first-order valence-electron chi connectivity index (χ1n) is 6.66. The first-order valence-corrected chi connectivity index (χ1v) is 7.89. The van der Waals surface area contributed by atoms with Crippen molar-refractivity contribution in [3.8, 4) is 5.69 Å². The van der Waals surface area contributed by atoms with Gasteiger partial charge in [0.15, 0.2) is 0 Å². The van der Waals surface area contributed by atoms with Crippen LogP contribution in [-0.4, -0.2) is 16.0 Å². The van der Waals surface area contributed by atoms with Crippen molar-refractivity contribution < 1.29 is 0 Å². The Labute approximate surface area is 120 Å². The van der Waals surface area contributed by atoms with Crippen LogP contribution in [0.3, 0.4) is 0 Å². The van der Waals surface area contributed by atoms with Crippen LogP contribution in [0.2, 0.25) is 0 Å². The third kappa shape index (κ3) is 2.57. The van der Waals surface area contributed by atoms with Crippen molar-refractivity contribution in [3.63, 3.8) is 0 Å². The van der Waals surface area contributed by atoms with E-state index in [1.54, 1.807) is 11.8 Å². The zero-order valence-corrected chi connectivity index (χ0v) is 13.4. The molecule has 0 amide bonds. The number of nitrogens with zero attached hydrogens (tertiary/aromatic N) is 2. The zero-order valence-electron chi connectivity index (χ0n) is 12.6. The molecule has 0 N–H and O–H groups in total. The molecule has 0 atom stereocenters. The monoisotopic (exact) mass is 274 g/mol. The number of rotatable bonds is 3. The molecule has 0 fully saturated rings. The molecule has 0 spiro atoms. The van der Waals surface area contributed by atoms with Gasteiger partial charge in [0.1, 0.15) is 0 Å². The SMILES string of the molecule is CSc1ccc(-n2nc(C)c(C(C)C)c2C)c(C)c1. The highest BCUT2D eigenvalue weighted by Gasteiger charge is 2.16. The molecule has 2 nitrogen and oxygen atoms in total. The van der Waals surface area contributed by atoms with Crippen LogP contribution in [0.25, 0.3) is 5.69 Å². The molecule has 0 saturated carbocycles. The number of aromatic nitrogens is 2. The summed E-state index contributed by atoms with van der Waals surface area (Å²) in [5.41, 5.74) is 6.22. The van der Waals surface area contributed by atoms with Crippen LogP contribution in [0.4, 0.5) is 0 Å². The number of thioether (sulfide) groups is 1. The standard InChI is InChI=1S/C16H22N2S/c1-10(2)16-12(4)17-18(13(16)5)15-8-7-14(19-6)9-11(15)3/h7-10H,1-6H3. The largest absolute Gasteiger partial charge is 0.237 e. The van der Waals surface area contributed by atoms with E-state index in [1.165, 1.54) is 27.4 Å². The van der Waals surface area contributed by atoms with E-state index in [-0.39, 0.29) is 0 Å². The first-order chi connectivity index (χ1) is 8.95. The summed E-state index contributed by atoms with van der Waals surface area (Å²) in [6.45, 7) is 10.9. The van der Waals surface area contributed by atoms with Crippen LogP contribution in [-0.2, 0) is 0 Å². The molecule has 0 bridgehead atoms. The Morgan fingerprint density at radius 3 is 2.32 bits per heavy atom. The summed E-state index contributed by atoms with van der Waals surface area (Å²) >= 11 is 1.77. The topological polar surface area (TPSA) is 17.8 Å². The number of hydrogen-bond donors (Lipinski definition) is 0. The minimum atomic E-state index is 0.513. The number of hydrogen-bond acceptors (Lipinski definition) is 2. The molecule has 19 heavy (non-hydrogen) atoms. The fourth-order valence-corrected chi connectivity index (χ4v) is 3.22. The van der Waals surface area contributed by atoms with E-state index >= 15 is 0 Å². The molecule has 0 aliphatic rings. The van der Waals surface area contributed by atoms with E-state index in [0.717, 1.165) is 5.69 Å². The second-order valence-corrected chi connectivity index (χ2v) is 6.18. The minimum absolute atomic E-state index is 0.513. The van der Waals surface area contributed by atoms with Crippen molar-refractivity contribution in [2.75, 3.05) is 6.26 Å². The second kappa shape index (κ2) is 5.41. The first kappa shape index (κ1) is 14.2. The van der Waals surface area contributed by atoms with Crippen LogP contribution in [0.15, 0.2) is 23.1 Å². The van der Waals surface area contributed by atoms with Gasteiger partial charge >= 0.3 is 0 Å². The molecule has 0 aliphatic heterocycles. The molecular formula is C16H22N2S. The molecule has 1 aromatic carbocycles. The average Bonchev–Trinajstić information content (AvgIpc) is 2.64. The third-order valence-corrected chi connectivity index (χ3v) is 4.28. The minimum Gasteiger partial charge on any atom is -0.237 e. The van der Waals surface area contributed by atoms with Crippen molar-refractivity contribution in [2.24, 2.45) is 0 Å². The van der Waals surface area contributed by atoms with Gasteiger partial charge in [-0.3, -0.25) is 0 Å². The van der Waals surface area contributed by atoms with E-state index in [2.05, 4.69) is 63.8 Å². The smallest absolute Gasteiger partial charge is 0.0678 e. The molecule has 0 unspecified atom stereocenters. The van der Waals surface area contributed by atoms with Gasteiger partial charge in [-0.25, -0.2) is 4.68 Å². The van der Waals surface area contributed by atoms with Crippen molar-refractivity contribution in [3.05, 3.63) is 40.7 Å². The van der Waals surface area contributed by atoms with Crippen molar-refractivity contribution >= 4 is 11.8 Å². The van der Waals surface area contributed by atoms with E-state index in [9.17, 15) is 0 Å². The van der Waals surface area contributed by atoms with Gasteiger partial charge in [0.2, 0.25) is 0 Å². The molecule has 3 heteroatoms. The Kier molecular flexibility index (Phi) is 4.04. The highest BCUT2D eigenvalue weighted by molar-refractivity contribution is 7.98. The van der Waals surface area contributed by atoms with E-state index in [0.29, 0.717) is 5.92 Å². The maximum Gasteiger partial charge on any atom is 0.0678 e. The van der Waals surface area contributed by atoms with Gasteiger partial charge in [-0.1, -0.05) is 13.8 Å². The molecule has 2 aromatic rings. The van der Waals surface area contributed by atoms with Crippen LogP contribution in [0.1, 0.15) is 42.3 Å². The fourth-order valence-electron chi connectivity index (χ4n) is 2.72. The highest BCUT2D eigenvalue weighted by atomic mass is 32.2. The van der Waals surface area contributed by atoms with Crippen molar-refractivity contribution in [1.82, 2.24) is 9.78 Å². The normalized spacial score (nSPS) is 11.3. The Bertz CT molecular complexity index is 597. The molecule has 0 saturated heterocycles. The van der Waals surface area contributed by atoms with E-state index in [4.69, 9.17) is 5.10 Å². The van der Waals surface area contributed by atoms with Crippen LogP contribution < -0.4 is 0 Å². The lowest BCUT2D eigenvalue weighted by Gasteiger charge is -2.11. The third-order valence-electron chi connectivity index (χ3n) is 3.56. The van der Waals surface area contributed by atoms with Gasteiger partial charge in [0.05, 0.1) is 11.4 Å². The summed E-state index contributed by atoms with van der Waals surface area (Å²) in [5.74, 6) is 0.513. The van der Waals surface area contributed by atoms with Crippen LogP contribution in [0, 0.1) is 20.8 Å². The van der Waals surface area contributed by atoms with Gasteiger partial charge in [-0.05, 0) is 62.3 Å². The lowest BCUT2D eigenvalue weighted by Crippen LogP contribution is -2.02. The van der Waals surface area contributed by atoms with Crippen molar-refractivity contribution in [2.45, 2.75) is 45.4 Å². The molecule has 102 valence electrons. The summed E-state index contributed by atoms with van der Waals surface area (Å²) in [5, 5.41) is 4.73. The molecule has 0 radical (unpaired) electrons. The van der Waals surface area contributed by atoms with Crippen molar-refractivity contribution in [1.29, 1.82) is 0 Å². The summed E-state index contributed by atoms with van der Waals surface area (Å²) in [6, 6.07) is 6.56. The lowest BCUT2D eigenvalue weighted by molar-refractivity contribution is 0.817. The van der Waals surface area contributed by atoms with Gasteiger partial charge < -0.3 is 0 Å². The van der Waals surface area contributed by atoms with Crippen LogP contribution in [0.5, 0.6) is 0 Å². The maximum absolute atomic E-state index is 4.73. The summed E-state index contributed by atoms with van der Waals surface area (Å²) in [6.07, 6.45) is 2.11. The van der Waals surface area contributed by atoms with Gasteiger partial charge in [0.25, 0.3) is 0 Å². The molecular weight excluding hydrogens is 252 g/mol. The second-order valence-electron chi connectivity index (χ2n) is 5.30. The fraction of sp³-hybridized carbons (Fsp3) is 0.438. The van der Waals surface area contributed by atoms with Gasteiger partial charge in [0, 0.05) is 10.6 Å². The summed E-state index contributed by atoms with van der Waals surface area (Å²) < 4.78 is 2.09. The summed E-state index contributed by atoms with van der Waals surface area (Å²) in [7, 11) is 0. The quantitative estimate of drug-likeness (QED) is 0.759. The lowest BCUT2D eigenvalue weighted by atomic mass is 10.0. The Morgan fingerprint density at radius 1 is 1.16 bits per heavy atom. The molecule has 1 aromatic heterocycles. The predicted octanol–water partition coefficient (Wildman–Crippen LogP) is 4.64. The highest BCUT2D eigenvalue weighted by Crippen LogP contribution is 2.27. The Balaban J connectivity index is 2.57. The van der Waals surface area contributed by atoms with E-state index < -0.39 is 0 Å². The molecule has 2 rings (SSSR count). The Morgan fingerprint density at radius 2 is 1.84 bits per heavy atom. The van der Waals surface area contributed by atoms with Crippen LogP contribution >= 0.6 is 11.8 Å². The van der Waals surface area contributed by atoms with Gasteiger partial charge in [-0.2, -0.15) is 5.10 Å².